The van der Waals surface area contributed by atoms with Crippen molar-refractivity contribution in [2.24, 2.45) is 5.92 Å². The van der Waals surface area contributed by atoms with E-state index >= 15 is 0 Å². The van der Waals surface area contributed by atoms with Crippen LogP contribution >= 0.6 is 11.3 Å². The normalized spacial score (nSPS) is 17.0. The molecule has 1 heterocycles. The number of carboxylic acid groups (broad SMARTS) is 1. The molecule has 1 aliphatic rings. The highest BCUT2D eigenvalue weighted by Gasteiger charge is 2.20. The van der Waals surface area contributed by atoms with Crippen molar-refractivity contribution >= 4 is 17.3 Å². The Hall–Kier alpha value is -0.900. The van der Waals surface area contributed by atoms with Gasteiger partial charge in [-0.15, -0.1) is 11.3 Å². The van der Waals surface area contributed by atoms with E-state index in [-0.39, 0.29) is 0 Å². The standard InChI is InChI=1S/C15H23NO2S/c1-10(2)14-16-12(13(19-14)15(17)18)9-8-11-6-4-3-5-7-11/h10-11H,3-9H2,1-2H3,(H,17,18). The molecule has 19 heavy (non-hydrogen) atoms. The number of carbonyl (C=O) groups is 1. The summed E-state index contributed by atoms with van der Waals surface area (Å²) < 4.78 is 0. The third-order valence-electron chi connectivity index (χ3n) is 3.92. The zero-order valence-corrected chi connectivity index (χ0v) is 12.6. The molecule has 0 radical (unpaired) electrons. The molecule has 3 nitrogen and oxygen atoms in total. The van der Waals surface area contributed by atoms with Gasteiger partial charge in [0.05, 0.1) is 10.7 Å². The third-order valence-corrected chi connectivity index (χ3v) is 5.30. The van der Waals surface area contributed by atoms with Crippen LogP contribution in [0.3, 0.4) is 0 Å². The van der Waals surface area contributed by atoms with Gasteiger partial charge in [-0.2, -0.15) is 0 Å². The lowest BCUT2D eigenvalue weighted by molar-refractivity contribution is 0.0700. The van der Waals surface area contributed by atoms with E-state index in [0.29, 0.717) is 10.8 Å². The summed E-state index contributed by atoms with van der Waals surface area (Å²) in [5.74, 6) is 0.272. The molecule has 1 saturated carbocycles. The average Bonchev–Trinajstić information content (AvgIpc) is 2.82. The Bertz CT molecular complexity index is 433. The van der Waals surface area contributed by atoms with E-state index in [0.717, 1.165) is 29.5 Å². The number of hydrogen-bond donors (Lipinski definition) is 1. The van der Waals surface area contributed by atoms with Crippen molar-refractivity contribution in [1.29, 1.82) is 0 Å². The first-order valence-corrected chi connectivity index (χ1v) is 8.12. The zero-order valence-electron chi connectivity index (χ0n) is 11.8. The van der Waals surface area contributed by atoms with E-state index in [4.69, 9.17) is 0 Å². The van der Waals surface area contributed by atoms with E-state index in [1.165, 1.54) is 43.4 Å². The summed E-state index contributed by atoms with van der Waals surface area (Å²) in [5.41, 5.74) is 0.812. The summed E-state index contributed by atoms with van der Waals surface area (Å²) in [6.07, 6.45) is 8.59. The summed E-state index contributed by atoms with van der Waals surface area (Å²) >= 11 is 1.35. The smallest absolute Gasteiger partial charge is 0.347 e. The van der Waals surface area contributed by atoms with Crippen LogP contribution in [0.1, 0.15) is 78.7 Å². The van der Waals surface area contributed by atoms with Crippen molar-refractivity contribution in [2.75, 3.05) is 0 Å². The van der Waals surface area contributed by atoms with Gasteiger partial charge in [0.15, 0.2) is 0 Å². The number of aromatic carboxylic acids is 1. The molecule has 1 aliphatic carbocycles. The van der Waals surface area contributed by atoms with E-state index < -0.39 is 5.97 Å². The topological polar surface area (TPSA) is 50.2 Å². The van der Waals surface area contributed by atoms with Crippen LogP contribution in [0.2, 0.25) is 0 Å². The van der Waals surface area contributed by atoms with Crippen molar-refractivity contribution in [2.45, 2.75) is 64.7 Å². The first kappa shape index (κ1) is 14.5. The maximum atomic E-state index is 11.3. The fourth-order valence-electron chi connectivity index (χ4n) is 2.77. The molecule has 0 unspecified atom stereocenters. The number of carboxylic acids is 1. The molecule has 0 atom stereocenters. The molecule has 0 bridgehead atoms. The van der Waals surface area contributed by atoms with E-state index in [1.807, 2.05) is 0 Å². The molecule has 0 spiro atoms. The number of hydrogen-bond acceptors (Lipinski definition) is 3. The second kappa shape index (κ2) is 6.51. The Morgan fingerprint density at radius 1 is 1.37 bits per heavy atom. The quantitative estimate of drug-likeness (QED) is 0.865. The molecule has 0 aliphatic heterocycles. The molecule has 0 amide bonds. The largest absolute Gasteiger partial charge is 0.477 e. The van der Waals surface area contributed by atoms with Gasteiger partial charge in [0.2, 0.25) is 0 Å². The number of aromatic nitrogens is 1. The maximum Gasteiger partial charge on any atom is 0.347 e. The van der Waals surface area contributed by atoms with E-state index in [1.54, 1.807) is 0 Å². The summed E-state index contributed by atoms with van der Waals surface area (Å²) in [6, 6.07) is 0. The lowest BCUT2D eigenvalue weighted by atomic mass is 9.86. The lowest BCUT2D eigenvalue weighted by Crippen LogP contribution is -2.08. The van der Waals surface area contributed by atoms with Gasteiger partial charge >= 0.3 is 5.97 Å². The minimum Gasteiger partial charge on any atom is -0.477 e. The van der Waals surface area contributed by atoms with Crippen LogP contribution in [0.25, 0.3) is 0 Å². The summed E-state index contributed by atoms with van der Waals surface area (Å²) in [7, 11) is 0. The Labute approximate surface area is 119 Å². The van der Waals surface area contributed by atoms with Crippen molar-refractivity contribution in [3.63, 3.8) is 0 Å². The zero-order chi connectivity index (χ0) is 13.8. The van der Waals surface area contributed by atoms with Crippen molar-refractivity contribution in [3.05, 3.63) is 15.6 Å². The molecule has 1 aromatic rings. The van der Waals surface area contributed by atoms with Crippen molar-refractivity contribution in [3.8, 4) is 0 Å². The maximum absolute atomic E-state index is 11.3. The Kier molecular flexibility index (Phi) is 4.97. The molecule has 1 aromatic heterocycles. The first-order valence-electron chi connectivity index (χ1n) is 7.30. The van der Waals surface area contributed by atoms with Gasteiger partial charge in [-0.3, -0.25) is 0 Å². The van der Waals surface area contributed by atoms with Crippen LogP contribution in [0.15, 0.2) is 0 Å². The lowest BCUT2D eigenvalue weighted by Gasteiger charge is -2.20. The van der Waals surface area contributed by atoms with Gasteiger partial charge in [-0.25, -0.2) is 9.78 Å². The number of aryl methyl sites for hydroxylation is 1. The van der Waals surface area contributed by atoms with Crippen LogP contribution in [-0.2, 0) is 6.42 Å². The molecule has 1 fully saturated rings. The Morgan fingerprint density at radius 3 is 2.63 bits per heavy atom. The average molecular weight is 281 g/mol. The second-order valence-electron chi connectivity index (χ2n) is 5.83. The minimum atomic E-state index is -0.817. The van der Waals surface area contributed by atoms with Gasteiger partial charge in [-0.05, 0) is 18.8 Å². The summed E-state index contributed by atoms with van der Waals surface area (Å²) in [6.45, 7) is 4.13. The fraction of sp³-hybridized carbons (Fsp3) is 0.733. The first-order chi connectivity index (χ1) is 9.08. The van der Waals surface area contributed by atoms with Crippen LogP contribution in [0.4, 0.5) is 0 Å². The molecular weight excluding hydrogens is 258 g/mol. The second-order valence-corrected chi connectivity index (χ2v) is 6.86. The third kappa shape index (κ3) is 3.78. The fourth-order valence-corrected chi connectivity index (χ4v) is 3.72. The van der Waals surface area contributed by atoms with E-state index in [2.05, 4.69) is 18.8 Å². The van der Waals surface area contributed by atoms with Gasteiger partial charge < -0.3 is 5.11 Å². The predicted octanol–water partition coefficient (Wildman–Crippen LogP) is 4.48. The van der Waals surface area contributed by atoms with Crippen LogP contribution < -0.4 is 0 Å². The Morgan fingerprint density at radius 2 is 2.05 bits per heavy atom. The SMILES string of the molecule is CC(C)c1nc(CCC2CCCCC2)c(C(=O)O)s1. The molecule has 1 N–H and O–H groups in total. The molecule has 2 rings (SSSR count). The predicted molar refractivity (Wildman–Crippen MR) is 78.1 cm³/mol. The van der Waals surface area contributed by atoms with Gasteiger partial charge in [0.1, 0.15) is 4.88 Å². The molecule has 106 valence electrons. The monoisotopic (exact) mass is 281 g/mol. The summed E-state index contributed by atoms with van der Waals surface area (Å²) in [5, 5.41) is 10.2. The molecule has 4 heteroatoms. The van der Waals surface area contributed by atoms with Crippen LogP contribution in [0.5, 0.6) is 0 Å². The van der Waals surface area contributed by atoms with Crippen LogP contribution in [0, 0.1) is 5.92 Å². The highest BCUT2D eigenvalue weighted by Crippen LogP contribution is 2.30. The Balaban J connectivity index is 2.03. The van der Waals surface area contributed by atoms with Crippen molar-refractivity contribution < 1.29 is 9.90 Å². The number of nitrogens with zero attached hydrogens (tertiary/aromatic N) is 1. The summed E-state index contributed by atoms with van der Waals surface area (Å²) in [4.78, 5) is 16.3. The van der Waals surface area contributed by atoms with Gasteiger partial charge in [0.25, 0.3) is 0 Å². The van der Waals surface area contributed by atoms with Crippen LogP contribution in [-0.4, -0.2) is 16.1 Å². The highest BCUT2D eigenvalue weighted by atomic mass is 32.1. The number of rotatable bonds is 5. The van der Waals surface area contributed by atoms with Crippen molar-refractivity contribution in [1.82, 2.24) is 4.98 Å². The van der Waals surface area contributed by atoms with Gasteiger partial charge in [-0.1, -0.05) is 46.0 Å². The highest BCUT2D eigenvalue weighted by molar-refractivity contribution is 7.13. The molecular formula is C15H23NO2S. The molecule has 0 saturated heterocycles. The molecule has 0 aromatic carbocycles. The minimum absolute atomic E-state index is 0.312. The van der Waals surface area contributed by atoms with Gasteiger partial charge in [0, 0.05) is 5.92 Å². The van der Waals surface area contributed by atoms with E-state index in [9.17, 15) is 9.90 Å². The number of thiazole rings is 1.